The number of aliphatic carboxylic acids is 1. The van der Waals surface area contributed by atoms with E-state index in [1.165, 1.54) is 49.0 Å². The van der Waals surface area contributed by atoms with Gasteiger partial charge in [0.1, 0.15) is 17.6 Å². The van der Waals surface area contributed by atoms with Crippen LogP contribution >= 0.6 is 11.8 Å². The summed E-state index contributed by atoms with van der Waals surface area (Å²) in [7, 11) is 0. The van der Waals surface area contributed by atoms with Crippen LogP contribution in [0, 0.1) is 5.82 Å². The summed E-state index contributed by atoms with van der Waals surface area (Å²) in [6.07, 6.45) is 3.44. The Balaban J connectivity index is 2.97. The van der Waals surface area contributed by atoms with Crippen LogP contribution in [0.3, 0.4) is 0 Å². The number of halogens is 1. The van der Waals surface area contributed by atoms with E-state index >= 15 is 0 Å². The van der Waals surface area contributed by atoms with E-state index in [-0.39, 0.29) is 12.1 Å². The minimum atomic E-state index is -1.15. The number of rotatable bonds is 8. The zero-order chi connectivity index (χ0) is 18.1. The number of carboxylic acids is 1. The first-order valence-corrected chi connectivity index (χ1v) is 8.50. The Morgan fingerprint density at radius 2 is 1.92 bits per heavy atom. The first-order valence-electron chi connectivity index (χ1n) is 7.11. The average Bonchev–Trinajstić information content (AvgIpc) is 2.52. The number of amides is 2. The van der Waals surface area contributed by atoms with Gasteiger partial charge in [0.15, 0.2) is 0 Å². The summed E-state index contributed by atoms with van der Waals surface area (Å²) >= 11 is 1.46. The predicted octanol–water partition coefficient (Wildman–Crippen LogP) is 1.63. The number of carbonyl (C=O) groups excluding carboxylic acids is 2. The molecule has 0 aromatic heterocycles. The first-order chi connectivity index (χ1) is 11.3. The van der Waals surface area contributed by atoms with Crippen molar-refractivity contribution in [2.24, 2.45) is 0 Å². The number of benzene rings is 1. The Bertz CT molecular complexity index is 631. The molecule has 130 valence electrons. The lowest BCUT2D eigenvalue weighted by Crippen LogP contribution is -2.44. The van der Waals surface area contributed by atoms with Crippen LogP contribution in [-0.2, 0) is 14.4 Å². The van der Waals surface area contributed by atoms with Gasteiger partial charge in [-0.25, -0.2) is 9.18 Å². The Labute approximate surface area is 143 Å². The number of hydrogen-bond donors (Lipinski definition) is 3. The van der Waals surface area contributed by atoms with Crippen LogP contribution < -0.4 is 10.6 Å². The molecule has 1 rings (SSSR count). The summed E-state index contributed by atoms with van der Waals surface area (Å²) < 4.78 is 12.9. The second kappa shape index (κ2) is 9.71. The molecule has 1 unspecified atom stereocenters. The van der Waals surface area contributed by atoms with Gasteiger partial charge in [0.25, 0.3) is 5.91 Å². The Morgan fingerprint density at radius 3 is 2.42 bits per heavy atom. The molecular weight excluding hydrogens is 335 g/mol. The summed E-state index contributed by atoms with van der Waals surface area (Å²) in [6.45, 7) is 1.23. The van der Waals surface area contributed by atoms with E-state index in [1.54, 1.807) is 0 Å². The highest BCUT2D eigenvalue weighted by Crippen LogP contribution is 2.08. The van der Waals surface area contributed by atoms with Gasteiger partial charge >= 0.3 is 5.97 Å². The molecule has 0 aliphatic carbocycles. The highest BCUT2D eigenvalue weighted by atomic mass is 32.2. The molecule has 1 atom stereocenters. The average molecular weight is 354 g/mol. The smallest absolute Gasteiger partial charge is 0.326 e. The molecule has 0 bridgehead atoms. The highest BCUT2D eigenvalue weighted by Gasteiger charge is 2.22. The molecule has 0 saturated heterocycles. The van der Waals surface area contributed by atoms with E-state index in [9.17, 15) is 18.8 Å². The van der Waals surface area contributed by atoms with Crippen molar-refractivity contribution < 1.29 is 23.9 Å². The molecule has 0 heterocycles. The summed E-state index contributed by atoms with van der Waals surface area (Å²) in [6, 6.07) is 4.25. The Hall–Kier alpha value is -2.35. The van der Waals surface area contributed by atoms with Gasteiger partial charge in [0.05, 0.1) is 0 Å². The van der Waals surface area contributed by atoms with Crippen molar-refractivity contribution in [2.45, 2.75) is 19.4 Å². The zero-order valence-electron chi connectivity index (χ0n) is 13.3. The van der Waals surface area contributed by atoms with Crippen LogP contribution in [0.2, 0.25) is 0 Å². The topological polar surface area (TPSA) is 95.5 Å². The van der Waals surface area contributed by atoms with Gasteiger partial charge in [-0.3, -0.25) is 9.59 Å². The Kier molecular flexibility index (Phi) is 7.97. The van der Waals surface area contributed by atoms with Gasteiger partial charge in [0, 0.05) is 6.92 Å². The maximum absolute atomic E-state index is 12.9. The zero-order valence-corrected chi connectivity index (χ0v) is 14.2. The van der Waals surface area contributed by atoms with Crippen molar-refractivity contribution >= 4 is 35.6 Å². The largest absolute Gasteiger partial charge is 0.480 e. The summed E-state index contributed by atoms with van der Waals surface area (Å²) in [5, 5.41) is 13.9. The fraction of sp³-hybridized carbons (Fsp3) is 0.312. The first kappa shape index (κ1) is 19.7. The van der Waals surface area contributed by atoms with Crippen LogP contribution in [0.25, 0.3) is 6.08 Å². The van der Waals surface area contributed by atoms with Crippen molar-refractivity contribution in [3.05, 3.63) is 41.3 Å². The fourth-order valence-corrected chi connectivity index (χ4v) is 2.27. The third-order valence-electron chi connectivity index (χ3n) is 2.95. The lowest BCUT2D eigenvalue weighted by molar-refractivity contribution is -0.141. The monoisotopic (exact) mass is 354 g/mol. The molecule has 1 aromatic rings. The van der Waals surface area contributed by atoms with Gasteiger partial charge in [-0.15, -0.1) is 0 Å². The fourth-order valence-electron chi connectivity index (χ4n) is 1.80. The quantitative estimate of drug-likeness (QED) is 0.617. The summed E-state index contributed by atoms with van der Waals surface area (Å²) in [5.74, 6) is -2.21. The van der Waals surface area contributed by atoms with Crippen molar-refractivity contribution in [3.8, 4) is 0 Å². The van der Waals surface area contributed by atoms with Crippen LogP contribution in [-0.4, -0.2) is 40.9 Å². The summed E-state index contributed by atoms with van der Waals surface area (Å²) in [5.41, 5.74) is 0.385. The SMILES string of the molecule is CSCCC(NC(=O)C(=Cc1ccc(F)cc1)NC(C)=O)C(=O)O. The van der Waals surface area contributed by atoms with E-state index in [2.05, 4.69) is 10.6 Å². The molecule has 1 aromatic carbocycles. The molecule has 2 amide bonds. The standard InChI is InChI=1S/C16H19FN2O4S/c1-10(20)18-14(9-11-3-5-12(17)6-4-11)15(21)19-13(16(22)23)7-8-24-2/h3-6,9,13H,7-8H2,1-2H3,(H,18,20)(H,19,21)(H,22,23). The maximum Gasteiger partial charge on any atom is 0.326 e. The number of carbonyl (C=O) groups is 3. The van der Waals surface area contributed by atoms with Crippen LogP contribution in [0.4, 0.5) is 4.39 Å². The highest BCUT2D eigenvalue weighted by molar-refractivity contribution is 7.98. The number of carboxylic acid groups (broad SMARTS) is 1. The molecule has 0 radical (unpaired) electrons. The van der Waals surface area contributed by atoms with Crippen molar-refractivity contribution in [3.63, 3.8) is 0 Å². The van der Waals surface area contributed by atoms with E-state index in [0.29, 0.717) is 11.3 Å². The molecule has 0 fully saturated rings. The Morgan fingerprint density at radius 1 is 1.29 bits per heavy atom. The minimum Gasteiger partial charge on any atom is -0.480 e. The van der Waals surface area contributed by atoms with Gasteiger partial charge in [-0.05, 0) is 42.2 Å². The van der Waals surface area contributed by atoms with E-state index < -0.39 is 29.6 Å². The minimum absolute atomic E-state index is 0.107. The predicted molar refractivity (Wildman–Crippen MR) is 90.8 cm³/mol. The molecule has 8 heteroatoms. The molecule has 3 N–H and O–H groups in total. The summed E-state index contributed by atoms with van der Waals surface area (Å²) in [4.78, 5) is 34.8. The third-order valence-corrected chi connectivity index (χ3v) is 3.59. The van der Waals surface area contributed by atoms with Crippen molar-refractivity contribution in [2.75, 3.05) is 12.0 Å². The van der Waals surface area contributed by atoms with Gasteiger partial charge in [-0.1, -0.05) is 12.1 Å². The molecule has 0 aliphatic rings. The van der Waals surface area contributed by atoms with Crippen molar-refractivity contribution in [1.29, 1.82) is 0 Å². The maximum atomic E-state index is 12.9. The lowest BCUT2D eigenvalue weighted by Gasteiger charge is -2.16. The number of nitrogens with one attached hydrogen (secondary N) is 2. The second-order valence-corrected chi connectivity index (χ2v) is 5.92. The molecule has 0 aliphatic heterocycles. The van der Waals surface area contributed by atoms with Gasteiger partial charge < -0.3 is 15.7 Å². The molecule has 24 heavy (non-hydrogen) atoms. The van der Waals surface area contributed by atoms with Crippen LogP contribution in [0.15, 0.2) is 30.0 Å². The number of hydrogen-bond acceptors (Lipinski definition) is 4. The molecule has 6 nitrogen and oxygen atoms in total. The van der Waals surface area contributed by atoms with E-state index in [0.717, 1.165) is 0 Å². The van der Waals surface area contributed by atoms with Gasteiger partial charge in [0.2, 0.25) is 5.91 Å². The molecule has 0 saturated carbocycles. The van der Waals surface area contributed by atoms with Crippen LogP contribution in [0.1, 0.15) is 18.9 Å². The van der Waals surface area contributed by atoms with Gasteiger partial charge in [-0.2, -0.15) is 11.8 Å². The third kappa shape index (κ3) is 6.82. The van der Waals surface area contributed by atoms with Crippen molar-refractivity contribution in [1.82, 2.24) is 10.6 Å². The number of thioether (sulfide) groups is 1. The second-order valence-electron chi connectivity index (χ2n) is 4.94. The normalized spacial score (nSPS) is 12.4. The van der Waals surface area contributed by atoms with E-state index in [4.69, 9.17) is 5.11 Å². The lowest BCUT2D eigenvalue weighted by atomic mass is 10.1. The van der Waals surface area contributed by atoms with Crippen LogP contribution in [0.5, 0.6) is 0 Å². The van der Waals surface area contributed by atoms with E-state index in [1.807, 2.05) is 6.26 Å². The molecule has 0 spiro atoms. The molecular formula is C16H19FN2O4S.